The molecule has 1 heteroatoms. The van der Waals surface area contributed by atoms with Crippen LogP contribution in [-0.4, -0.2) is 24.5 Å². The average Bonchev–Trinajstić information content (AvgIpc) is 2.58. The molecule has 138 valence electrons. The highest BCUT2D eigenvalue weighted by atomic mass is 15.1. The Hall–Kier alpha value is -0.560. The van der Waals surface area contributed by atoms with Gasteiger partial charge in [-0.15, -0.1) is 0 Å². The second kappa shape index (κ2) is 10.4. The van der Waals surface area contributed by atoms with Crippen molar-refractivity contribution in [2.24, 2.45) is 17.8 Å². The van der Waals surface area contributed by atoms with Gasteiger partial charge in [-0.25, -0.2) is 0 Å². The summed E-state index contributed by atoms with van der Waals surface area (Å²) in [5.41, 5.74) is 3.51. The number of piperidine rings is 1. The van der Waals surface area contributed by atoms with Gasteiger partial charge >= 0.3 is 0 Å². The maximum absolute atomic E-state index is 2.74. The molecule has 0 radical (unpaired) electrons. The van der Waals surface area contributed by atoms with Crippen LogP contribution in [-0.2, 0) is 0 Å². The van der Waals surface area contributed by atoms with Crippen LogP contribution < -0.4 is 0 Å². The van der Waals surface area contributed by atoms with Crippen molar-refractivity contribution in [3.63, 3.8) is 0 Å². The second-order valence-corrected chi connectivity index (χ2v) is 8.63. The summed E-state index contributed by atoms with van der Waals surface area (Å²) >= 11 is 0. The van der Waals surface area contributed by atoms with Crippen molar-refractivity contribution in [2.45, 2.75) is 85.5 Å². The first kappa shape index (κ1) is 19.8. The summed E-state index contributed by atoms with van der Waals surface area (Å²) < 4.78 is 0. The molecule has 1 nitrogen and oxygen atoms in total. The lowest BCUT2D eigenvalue weighted by atomic mass is 9.82. The van der Waals surface area contributed by atoms with Gasteiger partial charge in [-0.1, -0.05) is 43.6 Å². The highest BCUT2D eigenvalue weighted by molar-refractivity contribution is 5.15. The molecule has 1 aliphatic carbocycles. The lowest BCUT2D eigenvalue weighted by Gasteiger charge is -2.33. The first-order valence-electron chi connectivity index (χ1n) is 10.6. The van der Waals surface area contributed by atoms with E-state index < -0.39 is 0 Å². The number of hydrogen-bond acceptors (Lipinski definition) is 1. The Bertz CT molecular complexity index is 414. The fourth-order valence-corrected chi connectivity index (χ4v) is 4.68. The van der Waals surface area contributed by atoms with Crippen molar-refractivity contribution in [1.82, 2.24) is 4.90 Å². The van der Waals surface area contributed by atoms with Gasteiger partial charge in [0.05, 0.1) is 0 Å². The van der Waals surface area contributed by atoms with Crippen LogP contribution in [0.25, 0.3) is 0 Å². The summed E-state index contributed by atoms with van der Waals surface area (Å²) in [6, 6.07) is 0. The van der Waals surface area contributed by atoms with Crippen molar-refractivity contribution >= 4 is 0 Å². The van der Waals surface area contributed by atoms with E-state index >= 15 is 0 Å². The molecule has 0 spiro atoms. The molecule has 0 N–H and O–H groups in total. The van der Waals surface area contributed by atoms with E-state index in [0.717, 1.165) is 17.8 Å². The van der Waals surface area contributed by atoms with E-state index in [4.69, 9.17) is 0 Å². The molecule has 0 saturated carbocycles. The predicted octanol–water partition coefficient (Wildman–Crippen LogP) is 6.61. The fourth-order valence-electron chi connectivity index (χ4n) is 4.68. The van der Waals surface area contributed by atoms with Gasteiger partial charge in [0.25, 0.3) is 0 Å². The fraction of sp³-hybridized carbons (Fsp3) is 0.826. The largest absolute Gasteiger partial charge is 0.303 e. The second-order valence-electron chi connectivity index (χ2n) is 8.63. The van der Waals surface area contributed by atoms with Crippen molar-refractivity contribution in [1.29, 1.82) is 0 Å². The normalized spacial score (nSPS) is 26.1. The summed E-state index contributed by atoms with van der Waals surface area (Å²) in [4.78, 5) is 2.74. The first-order chi connectivity index (χ1) is 11.6. The smallest absolute Gasteiger partial charge is 0.00152 e. The molecule has 3 atom stereocenters. The van der Waals surface area contributed by atoms with Crippen LogP contribution in [0, 0.1) is 17.8 Å². The van der Waals surface area contributed by atoms with E-state index in [2.05, 4.69) is 44.7 Å². The minimum atomic E-state index is 0.720. The SMILES string of the molecule is C/C=C\[C@@H](C)C(CCCC1=C(C)CCC(C)C1)CN1CCCCC1. The Balaban J connectivity index is 1.85. The summed E-state index contributed by atoms with van der Waals surface area (Å²) in [5.74, 6) is 2.47. The quantitative estimate of drug-likeness (QED) is 0.452. The van der Waals surface area contributed by atoms with Gasteiger partial charge in [0.1, 0.15) is 0 Å². The molecule has 2 rings (SSSR count). The molecule has 1 fully saturated rings. The summed E-state index contributed by atoms with van der Waals surface area (Å²) in [6.07, 6.45) is 17.2. The molecule has 1 aliphatic heterocycles. The number of hydrogen-bond donors (Lipinski definition) is 0. The molecule has 1 heterocycles. The van der Waals surface area contributed by atoms with Crippen molar-refractivity contribution in [3.05, 3.63) is 23.3 Å². The van der Waals surface area contributed by atoms with E-state index in [1.54, 1.807) is 11.1 Å². The van der Waals surface area contributed by atoms with Crippen LogP contribution in [0.4, 0.5) is 0 Å². The standard InChI is InChI=1S/C23H41N/c1-5-10-20(3)23(18-24-15-7-6-8-16-24)12-9-11-22-17-19(2)13-14-21(22)4/h5,10,19-20,23H,6-9,11-18H2,1-4H3/b10-5-/t19?,20-,23?/m1/s1. The van der Waals surface area contributed by atoms with Gasteiger partial charge in [0.2, 0.25) is 0 Å². The van der Waals surface area contributed by atoms with Gasteiger partial charge in [-0.3, -0.25) is 0 Å². The van der Waals surface area contributed by atoms with Crippen LogP contribution in [0.15, 0.2) is 23.3 Å². The molecular formula is C23H41N. The molecule has 0 bridgehead atoms. The number of nitrogens with zero attached hydrogens (tertiary/aromatic N) is 1. The number of rotatable bonds is 8. The third-order valence-electron chi connectivity index (χ3n) is 6.44. The topological polar surface area (TPSA) is 3.24 Å². The Morgan fingerprint density at radius 2 is 1.96 bits per heavy atom. The summed E-state index contributed by atoms with van der Waals surface area (Å²) in [6.45, 7) is 13.4. The molecule has 0 aromatic heterocycles. The van der Waals surface area contributed by atoms with E-state index in [-0.39, 0.29) is 0 Å². The van der Waals surface area contributed by atoms with Gasteiger partial charge in [-0.2, -0.15) is 0 Å². The number of allylic oxidation sites excluding steroid dienone is 4. The van der Waals surface area contributed by atoms with Gasteiger partial charge < -0.3 is 4.90 Å². The predicted molar refractivity (Wildman–Crippen MR) is 107 cm³/mol. The van der Waals surface area contributed by atoms with Gasteiger partial charge in [0, 0.05) is 6.54 Å². The van der Waals surface area contributed by atoms with Crippen LogP contribution >= 0.6 is 0 Å². The Kier molecular flexibility index (Phi) is 8.59. The molecule has 2 unspecified atom stereocenters. The molecule has 24 heavy (non-hydrogen) atoms. The Morgan fingerprint density at radius 3 is 2.67 bits per heavy atom. The van der Waals surface area contributed by atoms with E-state index in [1.165, 1.54) is 77.4 Å². The molecule has 0 amide bonds. The lowest BCUT2D eigenvalue weighted by Crippen LogP contribution is -2.36. The molecule has 2 aliphatic rings. The van der Waals surface area contributed by atoms with Crippen LogP contribution in [0.3, 0.4) is 0 Å². The Morgan fingerprint density at radius 1 is 1.21 bits per heavy atom. The van der Waals surface area contributed by atoms with Gasteiger partial charge in [0.15, 0.2) is 0 Å². The minimum absolute atomic E-state index is 0.720. The Labute approximate surface area is 151 Å². The first-order valence-corrected chi connectivity index (χ1v) is 10.6. The average molecular weight is 332 g/mol. The summed E-state index contributed by atoms with van der Waals surface area (Å²) in [7, 11) is 0. The van der Waals surface area contributed by atoms with E-state index in [0.29, 0.717) is 0 Å². The highest BCUT2D eigenvalue weighted by Crippen LogP contribution is 2.33. The zero-order valence-electron chi connectivity index (χ0n) is 16.8. The number of likely N-dealkylation sites (tertiary alicyclic amines) is 1. The van der Waals surface area contributed by atoms with Crippen molar-refractivity contribution in [3.8, 4) is 0 Å². The molecular weight excluding hydrogens is 290 g/mol. The van der Waals surface area contributed by atoms with Crippen molar-refractivity contribution in [2.75, 3.05) is 19.6 Å². The highest BCUT2D eigenvalue weighted by Gasteiger charge is 2.21. The molecule has 0 aromatic carbocycles. The monoisotopic (exact) mass is 331 g/mol. The molecule has 0 aromatic rings. The van der Waals surface area contributed by atoms with Crippen molar-refractivity contribution < 1.29 is 0 Å². The maximum Gasteiger partial charge on any atom is 0.00152 e. The zero-order valence-corrected chi connectivity index (χ0v) is 16.8. The third kappa shape index (κ3) is 6.39. The van der Waals surface area contributed by atoms with E-state index in [1.807, 2.05) is 0 Å². The molecule has 1 saturated heterocycles. The van der Waals surface area contributed by atoms with Crippen LogP contribution in [0.2, 0.25) is 0 Å². The lowest BCUT2D eigenvalue weighted by molar-refractivity contribution is 0.172. The van der Waals surface area contributed by atoms with Gasteiger partial charge in [-0.05, 0) is 96.1 Å². The maximum atomic E-state index is 2.74. The summed E-state index contributed by atoms with van der Waals surface area (Å²) in [5, 5.41) is 0. The van der Waals surface area contributed by atoms with E-state index in [9.17, 15) is 0 Å². The third-order valence-corrected chi connectivity index (χ3v) is 6.44. The minimum Gasteiger partial charge on any atom is -0.303 e. The van der Waals surface area contributed by atoms with Crippen LogP contribution in [0.5, 0.6) is 0 Å². The van der Waals surface area contributed by atoms with Crippen LogP contribution in [0.1, 0.15) is 85.5 Å². The zero-order chi connectivity index (χ0) is 17.4.